The van der Waals surface area contributed by atoms with Gasteiger partial charge in [-0.3, -0.25) is 14.4 Å². The van der Waals surface area contributed by atoms with Crippen molar-refractivity contribution in [3.63, 3.8) is 0 Å². The third kappa shape index (κ3) is 3.06. The molecule has 2 amide bonds. The maximum Gasteiger partial charge on any atom is 0.258 e. The highest BCUT2D eigenvalue weighted by Crippen LogP contribution is 2.30. The van der Waals surface area contributed by atoms with Crippen LogP contribution < -0.4 is 10.2 Å². The lowest BCUT2D eigenvalue weighted by Crippen LogP contribution is -2.28. The van der Waals surface area contributed by atoms with E-state index in [0.29, 0.717) is 23.4 Å². The molecule has 0 atom stereocenters. The average molecular weight is 322 g/mol. The van der Waals surface area contributed by atoms with Crippen LogP contribution in [0, 0.1) is 0 Å². The van der Waals surface area contributed by atoms with Gasteiger partial charge in [-0.15, -0.1) is 0 Å². The molecule has 24 heavy (non-hydrogen) atoms. The Bertz CT molecular complexity index is 842. The SMILES string of the molecule is CC(=O)Nc1cccc(C(=O)N2CCc3cc(C(C)=O)ccc32)c1. The smallest absolute Gasteiger partial charge is 0.258 e. The van der Waals surface area contributed by atoms with Gasteiger partial charge in [0.25, 0.3) is 5.91 Å². The van der Waals surface area contributed by atoms with Gasteiger partial charge in [0.15, 0.2) is 5.78 Å². The van der Waals surface area contributed by atoms with E-state index in [1.165, 1.54) is 13.8 Å². The van der Waals surface area contributed by atoms with Gasteiger partial charge in [-0.05, 0) is 55.3 Å². The van der Waals surface area contributed by atoms with Crippen molar-refractivity contribution in [2.45, 2.75) is 20.3 Å². The molecular weight excluding hydrogens is 304 g/mol. The number of carbonyl (C=O) groups is 3. The summed E-state index contributed by atoms with van der Waals surface area (Å²) < 4.78 is 0. The van der Waals surface area contributed by atoms with Crippen LogP contribution in [-0.4, -0.2) is 24.1 Å². The molecule has 0 spiro atoms. The number of nitrogens with zero attached hydrogens (tertiary/aromatic N) is 1. The van der Waals surface area contributed by atoms with E-state index in [1.807, 2.05) is 12.1 Å². The highest BCUT2D eigenvalue weighted by atomic mass is 16.2. The van der Waals surface area contributed by atoms with Gasteiger partial charge in [-0.2, -0.15) is 0 Å². The van der Waals surface area contributed by atoms with E-state index in [9.17, 15) is 14.4 Å². The van der Waals surface area contributed by atoms with E-state index < -0.39 is 0 Å². The second kappa shape index (κ2) is 6.28. The Labute approximate surface area is 140 Å². The van der Waals surface area contributed by atoms with Gasteiger partial charge >= 0.3 is 0 Å². The molecule has 2 aromatic rings. The summed E-state index contributed by atoms with van der Waals surface area (Å²) in [6, 6.07) is 12.3. The molecular formula is C19H18N2O3. The van der Waals surface area contributed by atoms with Crippen LogP contribution in [0.5, 0.6) is 0 Å². The van der Waals surface area contributed by atoms with Gasteiger partial charge < -0.3 is 10.2 Å². The molecule has 0 bridgehead atoms. The molecule has 3 rings (SSSR count). The second-order valence-corrected chi connectivity index (χ2v) is 5.87. The zero-order chi connectivity index (χ0) is 17.3. The fourth-order valence-electron chi connectivity index (χ4n) is 2.92. The molecule has 0 fully saturated rings. The number of Topliss-reactive ketones (excluding diaryl/α,β-unsaturated/α-hetero) is 1. The van der Waals surface area contributed by atoms with Crippen molar-refractivity contribution in [1.82, 2.24) is 0 Å². The van der Waals surface area contributed by atoms with Crippen molar-refractivity contribution in [3.05, 3.63) is 59.2 Å². The van der Waals surface area contributed by atoms with Crippen molar-refractivity contribution in [1.29, 1.82) is 0 Å². The first-order valence-corrected chi connectivity index (χ1v) is 7.79. The predicted octanol–water partition coefficient (Wildman–Crippen LogP) is 3.05. The van der Waals surface area contributed by atoms with Crippen LogP contribution in [-0.2, 0) is 11.2 Å². The molecule has 1 N–H and O–H groups in total. The summed E-state index contributed by atoms with van der Waals surface area (Å²) in [5.74, 6) is -0.273. The molecule has 122 valence electrons. The third-order valence-electron chi connectivity index (χ3n) is 4.06. The van der Waals surface area contributed by atoms with Crippen molar-refractivity contribution >= 4 is 29.0 Å². The van der Waals surface area contributed by atoms with Crippen molar-refractivity contribution in [3.8, 4) is 0 Å². The summed E-state index contributed by atoms with van der Waals surface area (Å²) in [5, 5.41) is 2.68. The van der Waals surface area contributed by atoms with Crippen molar-refractivity contribution in [2.24, 2.45) is 0 Å². The molecule has 1 aliphatic rings. The van der Waals surface area contributed by atoms with Gasteiger partial charge in [0, 0.05) is 36.0 Å². The average Bonchev–Trinajstić information content (AvgIpc) is 2.96. The minimum atomic E-state index is -0.178. The predicted molar refractivity (Wildman–Crippen MR) is 92.6 cm³/mol. The van der Waals surface area contributed by atoms with Crippen LogP contribution >= 0.6 is 0 Å². The highest BCUT2D eigenvalue weighted by molar-refractivity contribution is 6.08. The molecule has 2 aromatic carbocycles. The molecule has 0 saturated heterocycles. The first-order valence-electron chi connectivity index (χ1n) is 7.79. The number of nitrogens with one attached hydrogen (secondary N) is 1. The number of amides is 2. The third-order valence-corrected chi connectivity index (χ3v) is 4.06. The van der Waals surface area contributed by atoms with Gasteiger partial charge in [0.2, 0.25) is 5.91 Å². The van der Waals surface area contributed by atoms with Crippen LogP contribution in [0.1, 0.15) is 40.1 Å². The fourth-order valence-corrected chi connectivity index (χ4v) is 2.92. The molecule has 1 aliphatic heterocycles. The number of ketones is 1. The molecule has 0 unspecified atom stereocenters. The Morgan fingerprint density at radius 1 is 1.00 bits per heavy atom. The number of benzene rings is 2. The first-order chi connectivity index (χ1) is 11.5. The lowest BCUT2D eigenvalue weighted by Gasteiger charge is -2.18. The van der Waals surface area contributed by atoms with E-state index >= 15 is 0 Å². The van der Waals surface area contributed by atoms with Crippen LogP contribution in [0.3, 0.4) is 0 Å². The Kier molecular flexibility index (Phi) is 4.16. The number of anilines is 2. The minimum Gasteiger partial charge on any atom is -0.326 e. The Balaban J connectivity index is 1.88. The van der Waals surface area contributed by atoms with Crippen LogP contribution in [0.2, 0.25) is 0 Å². The topological polar surface area (TPSA) is 66.5 Å². The lowest BCUT2D eigenvalue weighted by molar-refractivity contribution is -0.114. The molecule has 0 radical (unpaired) electrons. The van der Waals surface area contributed by atoms with Crippen LogP contribution in [0.25, 0.3) is 0 Å². The fraction of sp³-hybridized carbons (Fsp3) is 0.211. The summed E-state index contributed by atoms with van der Waals surface area (Å²) >= 11 is 0. The van der Waals surface area contributed by atoms with E-state index in [2.05, 4.69) is 5.32 Å². The van der Waals surface area contributed by atoms with Gasteiger partial charge in [0.05, 0.1) is 0 Å². The Morgan fingerprint density at radius 3 is 2.50 bits per heavy atom. The second-order valence-electron chi connectivity index (χ2n) is 5.87. The molecule has 0 aromatic heterocycles. The molecule has 0 aliphatic carbocycles. The number of carbonyl (C=O) groups excluding carboxylic acids is 3. The maximum absolute atomic E-state index is 12.8. The normalized spacial score (nSPS) is 12.7. The van der Waals surface area contributed by atoms with Crippen LogP contribution in [0.4, 0.5) is 11.4 Å². The summed E-state index contributed by atoms with van der Waals surface area (Å²) in [5.41, 5.74) is 3.63. The quantitative estimate of drug-likeness (QED) is 0.883. The van der Waals surface area contributed by atoms with Crippen molar-refractivity contribution < 1.29 is 14.4 Å². The van der Waals surface area contributed by atoms with Gasteiger partial charge in [-0.1, -0.05) is 6.07 Å². The van der Waals surface area contributed by atoms with Gasteiger partial charge in [-0.25, -0.2) is 0 Å². The highest BCUT2D eigenvalue weighted by Gasteiger charge is 2.26. The number of rotatable bonds is 3. The Morgan fingerprint density at radius 2 is 1.79 bits per heavy atom. The zero-order valence-electron chi connectivity index (χ0n) is 13.6. The van der Waals surface area contributed by atoms with Gasteiger partial charge in [0.1, 0.15) is 0 Å². The first kappa shape index (κ1) is 15.9. The van der Waals surface area contributed by atoms with Crippen LogP contribution in [0.15, 0.2) is 42.5 Å². The molecule has 1 heterocycles. The monoisotopic (exact) mass is 322 g/mol. The number of hydrogen-bond acceptors (Lipinski definition) is 3. The van der Waals surface area contributed by atoms with E-state index in [4.69, 9.17) is 0 Å². The van der Waals surface area contributed by atoms with Crippen molar-refractivity contribution in [2.75, 3.05) is 16.8 Å². The van der Waals surface area contributed by atoms with E-state index in [1.54, 1.807) is 35.2 Å². The molecule has 5 nitrogen and oxygen atoms in total. The summed E-state index contributed by atoms with van der Waals surface area (Å²) in [7, 11) is 0. The Hall–Kier alpha value is -2.95. The zero-order valence-corrected chi connectivity index (χ0v) is 13.6. The summed E-state index contributed by atoms with van der Waals surface area (Å²) in [6.07, 6.45) is 0.730. The van der Waals surface area contributed by atoms with E-state index in [0.717, 1.165) is 17.7 Å². The van der Waals surface area contributed by atoms with E-state index in [-0.39, 0.29) is 17.6 Å². The molecule has 5 heteroatoms. The molecule has 0 saturated carbocycles. The lowest BCUT2D eigenvalue weighted by atomic mass is 10.1. The maximum atomic E-state index is 12.8. The minimum absolute atomic E-state index is 0.0191. The standard InChI is InChI=1S/C19H18N2O3/c1-12(22)14-6-7-18-15(10-14)8-9-21(18)19(24)16-4-3-5-17(11-16)20-13(2)23/h3-7,10-11H,8-9H2,1-2H3,(H,20,23). The summed E-state index contributed by atoms with van der Waals surface area (Å²) in [4.78, 5) is 37.2. The summed E-state index contributed by atoms with van der Waals surface area (Å²) in [6.45, 7) is 3.55. The number of hydrogen-bond donors (Lipinski definition) is 1. The number of fused-ring (bicyclic) bond motifs is 1. The largest absolute Gasteiger partial charge is 0.326 e.